The molecule has 2 saturated heterocycles. The van der Waals surface area contributed by atoms with Gasteiger partial charge < -0.3 is 35.6 Å². The number of likely N-dealkylation sites (tertiary alicyclic amines) is 1. The molecule has 0 unspecified atom stereocenters. The molecule has 0 bridgehead atoms. The summed E-state index contributed by atoms with van der Waals surface area (Å²) >= 11 is 0. The van der Waals surface area contributed by atoms with Crippen LogP contribution in [0.4, 0.5) is 10.6 Å². The first kappa shape index (κ1) is 27.6. The molecule has 2 aromatic rings. The van der Waals surface area contributed by atoms with Crippen molar-refractivity contribution in [3.63, 3.8) is 0 Å². The van der Waals surface area contributed by atoms with Gasteiger partial charge in [-0.25, -0.2) is 19.7 Å². The summed E-state index contributed by atoms with van der Waals surface area (Å²) in [6, 6.07) is 0. The van der Waals surface area contributed by atoms with Gasteiger partial charge in [0.15, 0.2) is 23.8 Å². The fourth-order valence-electron chi connectivity index (χ4n) is 4.48. The van der Waals surface area contributed by atoms with Crippen molar-refractivity contribution in [2.75, 3.05) is 32.0 Å². The molecule has 13 heteroatoms. The first-order valence-corrected chi connectivity index (χ1v) is 12.9. The number of likely N-dealkylation sites (N-methyl/N-ethyl adjacent to an activating group) is 1. The van der Waals surface area contributed by atoms with Gasteiger partial charge in [-0.05, 0) is 37.5 Å². The number of imidazole rings is 1. The van der Waals surface area contributed by atoms with Gasteiger partial charge in [-0.2, -0.15) is 0 Å². The van der Waals surface area contributed by atoms with Crippen LogP contribution in [0.5, 0.6) is 0 Å². The zero-order valence-corrected chi connectivity index (χ0v) is 21.8. The number of ether oxygens (including phenoxy) is 2. The Morgan fingerprint density at radius 3 is 2.68 bits per heavy atom. The first-order valence-electron chi connectivity index (χ1n) is 12.9. The maximum absolute atomic E-state index is 12.2. The van der Waals surface area contributed by atoms with Gasteiger partial charge in [0.1, 0.15) is 17.7 Å². The number of rotatable bonds is 6. The lowest BCUT2D eigenvalue weighted by Gasteiger charge is -2.30. The maximum Gasteiger partial charge on any atom is 0.409 e. The highest BCUT2D eigenvalue weighted by atomic mass is 16.6. The number of piperidine rings is 1. The van der Waals surface area contributed by atoms with Crippen molar-refractivity contribution in [1.29, 1.82) is 0 Å². The van der Waals surface area contributed by atoms with Gasteiger partial charge in [0.25, 0.3) is 5.91 Å². The number of anilines is 1. The van der Waals surface area contributed by atoms with Crippen LogP contribution < -0.4 is 11.1 Å². The number of aliphatic hydroxyl groups excluding tert-OH is 2. The van der Waals surface area contributed by atoms with Gasteiger partial charge in [0.05, 0.1) is 12.9 Å². The smallest absolute Gasteiger partial charge is 0.409 e. The Morgan fingerprint density at radius 1 is 1.26 bits per heavy atom. The number of hydrogen-bond donors (Lipinski definition) is 4. The molecule has 2 amide bonds. The van der Waals surface area contributed by atoms with Crippen molar-refractivity contribution in [3.05, 3.63) is 12.2 Å². The van der Waals surface area contributed by atoms with Gasteiger partial charge >= 0.3 is 6.09 Å². The average molecular weight is 530 g/mol. The zero-order valence-electron chi connectivity index (χ0n) is 21.8. The van der Waals surface area contributed by atoms with E-state index in [1.807, 2.05) is 13.8 Å². The number of carbonyl (C=O) groups excluding carboxylic acids is 2. The molecule has 2 aromatic heterocycles. The van der Waals surface area contributed by atoms with Gasteiger partial charge in [0.2, 0.25) is 5.82 Å². The normalized spacial score (nSPS) is 23.9. The van der Waals surface area contributed by atoms with E-state index in [9.17, 15) is 19.8 Å². The predicted molar refractivity (Wildman–Crippen MR) is 136 cm³/mol. The van der Waals surface area contributed by atoms with Crippen LogP contribution in [-0.4, -0.2) is 91.2 Å². The van der Waals surface area contributed by atoms with Gasteiger partial charge in [-0.15, -0.1) is 0 Å². The fraction of sp³-hybridized carbons (Fsp3) is 0.640. The first-order chi connectivity index (χ1) is 18.2. The van der Waals surface area contributed by atoms with E-state index in [1.54, 1.807) is 11.8 Å². The number of aliphatic hydroxyl groups is 2. The highest BCUT2D eigenvalue weighted by Crippen LogP contribution is 2.32. The Balaban J connectivity index is 1.42. The molecular formula is C25H35N7O6. The minimum atomic E-state index is -1.43. The predicted octanol–water partition coefficient (Wildman–Crippen LogP) is 0.410. The summed E-state index contributed by atoms with van der Waals surface area (Å²) in [6.45, 7) is 7.78. The number of nitrogens with one attached hydrogen (secondary N) is 1. The van der Waals surface area contributed by atoms with E-state index in [-0.39, 0.29) is 23.4 Å². The Labute approximate surface area is 220 Å². The standard InChI is InChI=1S/C25H35N7O6/c1-4-27-23(35)20-18(33)19(34)24(38-20)32-13-28-17-21(26)29-16(30-22(17)32)7-5-6-15-8-10-31(11-9-15)25(36)37-12-14(2)3/h13-15,18-20,24,33-34H,4,6,8-12H2,1-3H3,(H,27,35)(H2,26,29,30)/t18-,19-,20-,24+/m0/s1. The maximum atomic E-state index is 12.2. The molecule has 13 nitrogen and oxygen atoms in total. The summed E-state index contributed by atoms with van der Waals surface area (Å²) in [4.78, 5) is 39.0. The van der Waals surface area contributed by atoms with Crippen molar-refractivity contribution < 1.29 is 29.3 Å². The number of aromatic nitrogens is 4. The Morgan fingerprint density at radius 2 is 2.00 bits per heavy atom. The lowest BCUT2D eigenvalue weighted by Crippen LogP contribution is -2.42. The van der Waals surface area contributed by atoms with Crippen LogP contribution in [-0.2, 0) is 14.3 Å². The van der Waals surface area contributed by atoms with E-state index in [1.165, 1.54) is 10.9 Å². The Bertz CT molecular complexity index is 1210. The van der Waals surface area contributed by atoms with Crippen molar-refractivity contribution >= 4 is 29.0 Å². The van der Waals surface area contributed by atoms with E-state index in [2.05, 4.69) is 32.1 Å². The van der Waals surface area contributed by atoms with Crippen molar-refractivity contribution in [2.45, 2.75) is 64.6 Å². The van der Waals surface area contributed by atoms with Crippen LogP contribution in [0.1, 0.15) is 52.1 Å². The summed E-state index contributed by atoms with van der Waals surface area (Å²) < 4.78 is 12.4. The number of fused-ring (bicyclic) bond motifs is 1. The quantitative estimate of drug-likeness (QED) is 0.383. The molecule has 2 fully saturated rings. The molecule has 4 atom stereocenters. The lowest BCUT2D eigenvalue weighted by atomic mass is 9.94. The summed E-state index contributed by atoms with van der Waals surface area (Å²) in [7, 11) is 0. The minimum Gasteiger partial charge on any atom is -0.449 e. The highest BCUT2D eigenvalue weighted by molar-refractivity contribution is 5.83. The largest absolute Gasteiger partial charge is 0.449 e. The van der Waals surface area contributed by atoms with Gasteiger partial charge in [-0.1, -0.05) is 19.8 Å². The molecule has 4 rings (SSSR count). The van der Waals surface area contributed by atoms with Crippen molar-refractivity contribution in [1.82, 2.24) is 29.7 Å². The van der Waals surface area contributed by atoms with Gasteiger partial charge in [-0.3, -0.25) is 9.36 Å². The second kappa shape index (κ2) is 11.9. The van der Waals surface area contributed by atoms with Gasteiger partial charge in [0, 0.05) is 26.1 Å². The number of nitrogen functional groups attached to an aromatic ring is 1. The van der Waals surface area contributed by atoms with E-state index >= 15 is 0 Å². The molecule has 38 heavy (non-hydrogen) atoms. The average Bonchev–Trinajstić information content (AvgIpc) is 3.44. The van der Waals surface area contributed by atoms with Crippen LogP contribution in [0.3, 0.4) is 0 Å². The van der Waals surface area contributed by atoms with Crippen LogP contribution in [0.15, 0.2) is 6.33 Å². The molecule has 2 aliphatic heterocycles. The van der Waals surface area contributed by atoms with Crippen molar-refractivity contribution in [2.24, 2.45) is 11.8 Å². The van der Waals surface area contributed by atoms with Crippen LogP contribution >= 0.6 is 0 Å². The molecular weight excluding hydrogens is 494 g/mol. The lowest BCUT2D eigenvalue weighted by molar-refractivity contribution is -0.137. The third-order valence-electron chi connectivity index (χ3n) is 6.57. The van der Waals surface area contributed by atoms with E-state index in [0.29, 0.717) is 50.0 Å². The molecule has 0 spiro atoms. The van der Waals surface area contributed by atoms with Crippen LogP contribution in [0, 0.1) is 23.7 Å². The summed E-state index contributed by atoms with van der Waals surface area (Å²) in [5.41, 5.74) is 6.64. The third kappa shape index (κ3) is 5.98. The number of nitrogens with zero attached hydrogens (tertiary/aromatic N) is 5. The summed E-state index contributed by atoms with van der Waals surface area (Å²) in [5.74, 6) is 6.46. The Kier molecular flexibility index (Phi) is 8.65. The monoisotopic (exact) mass is 529 g/mol. The molecule has 0 saturated carbocycles. The number of carbonyl (C=O) groups is 2. The third-order valence-corrected chi connectivity index (χ3v) is 6.57. The number of hydrogen-bond acceptors (Lipinski definition) is 10. The summed E-state index contributed by atoms with van der Waals surface area (Å²) in [6.07, 6.45) is -1.79. The fourth-order valence-corrected chi connectivity index (χ4v) is 4.48. The minimum absolute atomic E-state index is 0.111. The number of nitrogens with two attached hydrogens (primary N) is 1. The van der Waals surface area contributed by atoms with E-state index in [0.717, 1.165) is 12.8 Å². The molecule has 5 N–H and O–H groups in total. The number of amides is 2. The van der Waals surface area contributed by atoms with E-state index in [4.69, 9.17) is 15.2 Å². The SMILES string of the molecule is CCNC(=O)[C@H]1O[C@@H](n2cnc3c(N)nc(C#CCC4CCN(C(=O)OCC(C)C)CC4)nc32)[C@@H](O)[C@@H]1O. The molecule has 0 aromatic carbocycles. The second-order valence-electron chi connectivity index (χ2n) is 9.99. The zero-order chi connectivity index (χ0) is 27.4. The Hall–Kier alpha value is -3.47. The van der Waals surface area contributed by atoms with Crippen molar-refractivity contribution in [3.8, 4) is 11.8 Å². The van der Waals surface area contributed by atoms with Crippen LogP contribution in [0.25, 0.3) is 11.2 Å². The van der Waals surface area contributed by atoms with E-state index < -0.39 is 30.4 Å². The molecule has 206 valence electrons. The topological polar surface area (TPSA) is 178 Å². The molecule has 4 heterocycles. The molecule has 2 aliphatic rings. The van der Waals surface area contributed by atoms with Crippen LogP contribution in [0.2, 0.25) is 0 Å². The molecule has 0 radical (unpaired) electrons. The summed E-state index contributed by atoms with van der Waals surface area (Å²) in [5, 5.41) is 23.5. The second-order valence-corrected chi connectivity index (χ2v) is 9.99. The molecule has 0 aliphatic carbocycles. The highest BCUT2D eigenvalue weighted by Gasteiger charge is 2.47.